The zero-order chi connectivity index (χ0) is 8.55. The van der Waals surface area contributed by atoms with E-state index in [0.29, 0.717) is 13.0 Å². The molecule has 0 atom stereocenters. The smallest absolute Gasteiger partial charge is 0.167 e. The minimum absolute atomic E-state index is 0.226. The van der Waals surface area contributed by atoms with Gasteiger partial charge in [0.1, 0.15) is 0 Å². The van der Waals surface area contributed by atoms with Gasteiger partial charge >= 0.3 is 0 Å². The third kappa shape index (κ3) is 0.956. The molecule has 0 aliphatic heterocycles. The van der Waals surface area contributed by atoms with Crippen LogP contribution in [0.2, 0.25) is 0 Å². The van der Waals surface area contributed by atoms with Crippen LogP contribution in [-0.2, 0) is 13.0 Å². The van der Waals surface area contributed by atoms with Crippen molar-refractivity contribution in [2.45, 2.75) is 19.4 Å². The van der Waals surface area contributed by atoms with Crippen LogP contribution in [0.4, 0.5) is 0 Å². The van der Waals surface area contributed by atoms with E-state index in [1.54, 1.807) is 0 Å². The van der Waals surface area contributed by atoms with Gasteiger partial charge < -0.3 is 5.32 Å². The first-order chi connectivity index (χ1) is 5.83. The fourth-order valence-electron chi connectivity index (χ4n) is 1.59. The number of fused-ring (bicyclic) bond motifs is 1. The zero-order valence-corrected chi connectivity index (χ0v) is 6.98. The fraction of sp³-hybridized carbons (Fsp3) is 0.500. The summed E-state index contributed by atoms with van der Waals surface area (Å²) in [5.41, 5.74) is 2.68. The van der Waals surface area contributed by atoms with E-state index in [9.17, 15) is 4.79 Å². The molecular weight excluding hydrogens is 154 g/mol. The van der Waals surface area contributed by atoms with E-state index in [2.05, 4.69) is 15.5 Å². The molecule has 4 nitrogen and oxygen atoms in total. The lowest BCUT2D eigenvalue weighted by Gasteiger charge is -1.95. The number of ketones is 1. The Labute approximate surface area is 70.4 Å². The molecule has 0 saturated heterocycles. The molecule has 0 aromatic carbocycles. The summed E-state index contributed by atoms with van der Waals surface area (Å²) < 4.78 is 0. The average molecular weight is 165 g/mol. The Morgan fingerprint density at radius 3 is 3.17 bits per heavy atom. The van der Waals surface area contributed by atoms with E-state index in [0.717, 1.165) is 23.4 Å². The number of H-pyrrole nitrogens is 1. The van der Waals surface area contributed by atoms with Gasteiger partial charge in [-0.15, -0.1) is 0 Å². The van der Waals surface area contributed by atoms with Gasteiger partial charge in [-0.1, -0.05) is 0 Å². The second-order valence-electron chi connectivity index (χ2n) is 2.98. The lowest BCUT2D eigenvalue weighted by Crippen LogP contribution is -2.09. The molecule has 64 valence electrons. The van der Waals surface area contributed by atoms with Crippen LogP contribution in [0.3, 0.4) is 0 Å². The molecule has 1 aliphatic carbocycles. The van der Waals surface area contributed by atoms with Crippen LogP contribution in [0.15, 0.2) is 0 Å². The Kier molecular flexibility index (Phi) is 1.69. The lowest BCUT2D eigenvalue weighted by molar-refractivity contribution is 0.0993. The largest absolute Gasteiger partial charge is 0.314 e. The molecule has 0 saturated carbocycles. The number of Topliss-reactive ketones (excluding diaryl/α,β-unsaturated/α-hetero) is 1. The Balaban J connectivity index is 2.39. The first-order valence-corrected chi connectivity index (χ1v) is 4.07. The highest BCUT2D eigenvalue weighted by Crippen LogP contribution is 2.22. The van der Waals surface area contributed by atoms with E-state index < -0.39 is 0 Å². The van der Waals surface area contributed by atoms with E-state index in [1.165, 1.54) is 0 Å². The standard InChI is InChI=1S/C8H11N3O/c1-9-4-6-8-5(10-11-6)2-3-7(8)12/h9H,2-4H2,1H3,(H,10,11). The second kappa shape index (κ2) is 2.71. The van der Waals surface area contributed by atoms with Gasteiger partial charge in [-0.25, -0.2) is 0 Å². The van der Waals surface area contributed by atoms with Crippen molar-refractivity contribution in [2.75, 3.05) is 7.05 Å². The number of carbonyl (C=O) groups is 1. The van der Waals surface area contributed by atoms with Gasteiger partial charge in [0.05, 0.1) is 11.3 Å². The molecule has 0 spiro atoms. The first-order valence-electron chi connectivity index (χ1n) is 4.07. The normalized spacial score (nSPS) is 15.2. The molecule has 1 aromatic heterocycles. The topological polar surface area (TPSA) is 57.8 Å². The van der Waals surface area contributed by atoms with E-state index in [4.69, 9.17) is 0 Å². The molecule has 4 heteroatoms. The molecule has 2 N–H and O–H groups in total. The fourth-order valence-corrected chi connectivity index (χ4v) is 1.59. The van der Waals surface area contributed by atoms with Crippen molar-refractivity contribution < 1.29 is 4.79 Å². The highest BCUT2D eigenvalue weighted by molar-refractivity contribution is 6.00. The van der Waals surface area contributed by atoms with Gasteiger partial charge in [0.25, 0.3) is 0 Å². The monoisotopic (exact) mass is 165 g/mol. The minimum atomic E-state index is 0.226. The van der Waals surface area contributed by atoms with Crippen molar-refractivity contribution in [2.24, 2.45) is 0 Å². The molecule has 0 fully saturated rings. The SMILES string of the molecule is CNCc1n[nH]c2c1C(=O)CC2. The summed E-state index contributed by atoms with van der Waals surface area (Å²) in [5, 5.41) is 9.95. The predicted molar refractivity (Wildman–Crippen MR) is 44.0 cm³/mol. The highest BCUT2D eigenvalue weighted by Gasteiger charge is 2.25. The van der Waals surface area contributed by atoms with Crippen LogP contribution >= 0.6 is 0 Å². The molecule has 0 amide bonds. The summed E-state index contributed by atoms with van der Waals surface area (Å²) in [7, 11) is 1.85. The Hall–Kier alpha value is -1.16. The van der Waals surface area contributed by atoms with Crippen molar-refractivity contribution in [3.63, 3.8) is 0 Å². The van der Waals surface area contributed by atoms with Gasteiger partial charge in [0, 0.05) is 18.7 Å². The molecule has 0 bridgehead atoms. The first kappa shape index (κ1) is 7.49. The second-order valence-corrected chi connectivity index (χ2v) is 2.98. The quantitative estimate of drug-likeness (QED) is 0.660. The van der Waals surface area contributed by atoms with Crippen molar-refractivity contribution in [1.29, 1.82) is 0 Å². The maximum atomic E-state index is 11.3. The molecule has 1 heterocycles. The molecule has 0 radical (unpaired) electrons. The van der Waals surface area contributed by atoms with Crippen molar-refractivity contribution in [3.05, 3.63) is 17.0 Å². The Bertz CT molecular complexity index is 316. The van der Waals surface area contributed by atoms with Crippen molar-refractivity contribution in [1.82, 2.24) is 15.5 Å². The molecule has 12 heavy (non-hydrogen) atoms. The van der Waals surface area contributed by atoms with Gasteiger partial charge in [-0.2, -0.15) is 5.10 Å². The highest BCUT2D eigenvalue weighted by atomic mass is 16.1. The van der Waals surface area contributed by atoms with E-state index >= 15 is 0 Å². The maximum absolute atomic E-state index is 11.3. The van der Waals surface area contributed by atoms with Gasteiger partial charge in [-0.05, 0) is 13.5 Å². The van der Waals surface area contributed by atoms with Gasteiger partial charge in [0.2, 0.25) is 0 Å². The number of rotatable bonds is 2. The minimum Gasteiger partial charge on any atom is -0.314 e. The van der Waals surface area contributed by atoms with Crippen LogP contribution in [0, 0.1) is 0 Å². The Morgan fingerprint density at radius 2 is 2.42 bits per heavy atom. The van der Waals surface area contributed by atoms with Crippen molar-refractivity contribution in [3.8, 4) is 0 Å². The zero-order valence-electron chi connectivity index (χ0n) is 6.98. The summed E-state index contributed by atoms with van der Waals surface area (Å²) in [5.74, 6) is 0.226. The van der Waals surface area contributed by atoms with Crippen LogP contribution in [0.25, 0.3) is 0 Å². The Morgan fingerprint density at radius 1 is 1.58 bits per heavy atom. The third-order valence-corrected chi connectivity index (χ3v) is 2.14. The van der Waals surface area contributed by atoms with E-state index in [-0.39, 0.29) is 5.78 Å². The summed E-state index contributed by atoms with van der Waals surface area (Å²) >= 11 is 0. The average Bonchev–Trinajstić information content (AvgIpc) is 2.58. The number of aromatic nitrogens is 2. The van der Waals surface area contributed by atoms with Crippen LogP contribution < -0.4 is 5.32 Å². The summed E-state index contributed by atoms with van der Waals surface area (Å²) in [6.07, 6.45) is 1.46. The number of hydrogen-bond acceptors (Lipinski definition) is 3. The van der Waals surface area contributed by atoms with Crippen molar-refractivity contribution >= 4 is 5.78 Å². The summed E-state index contributed by atoms with van der Waals surface area (Å²) in [4.78, 5) is 11.3. The molecule has 1 aliphatic rings. The lowest BCUT2D eigenvalue weighted by atomic mass is 10.2. The number of aryl methyl sites for hydroxylation is 1. The molecular formula is C8H11N3O. The van der Waals surface area contributed by atoms with Gasteiger partial charge in [0.15, 0.2) is 5.78 Å². The number of nitrogens with zero attached hydrogens (tertiary/aromatic N) is 1. The van der Waals surface area contributed by atoms with E-state index in [1.807, 2.05) is 7.05 Å². The molecule has 0 unspecified atom stereocenters. The van der Waals surface area contributed by atoms with Gasteiger partial charge in [-0.3, -0.25) is 9.89 Å². The summed E-state index contributed by atoms with van der Waals surface area (Å²) in [6.45, 7) is 0.664. The number of hydrogen-bond donors (Lipinski definition) is 2. The maximum Gasteiger partial charge on any atom is 0.167 e. The molecule has 2 rings (SSSR count). The number of carbonyl (C=O) groups excluding carboxylic acids is 1. The van der Waals surface area contributed by atoms with Crippen LogP contribution in [-0.4, -0.2) is 23.0 Å². The predicted octanol–water partition coefficient (Wildman–Crippen LogP) is 0.258. The molecule has 1 aromatic rings. The number of aromatic amines is 1. The van der Waals surface area contributed by atoms with Crippen LogP contribution in [0.5, 0.6) is 0 Å². The number of nitrogens with one attached hydrogen (secondary N) is 2. The third-order valence-electron chi connectivity index (χ3n) is 2.14. The van der Waals surface area contributed by atoms with Crippen LogP contribution in [0.1, 0.15) is 28.2 Å². The summed E-state index contributed by atoms with van der Waals surface area (Å²) in [6, 6.07) is 0.